The number of nitrogens with one attached hydrogen (secondary N) is 1. The van der Waals surface area contributed by atoms with Gasteiger partial charge >= 0.3 is 0 Å². The van der Waals surface area contributed by atoms with E-state index < -0.39 is 4.92 Å². The molecule has 0 saturated carbocycles. The molecule has 0 aliphatic rings. The molecular formula is C14H14N4O3. The van der Waals surface area contributed by atoms with Crippen molar-refractivity contribution in [3.05, 3.63) is 51.8 Å². The first kappa shape index (κ1) is 14.4. The number of rotatable bonds is 5. The maximum Gasteiger partial charge on any atom is 0.296 e. The molecule has 0 aliphatic carbocycles. The van der Waals surface area contributed by atoms with Crippen LogP contribution in [0.3, 0.4) is 0 Å². The summed E-state index contributed by atoms with van der Waals surface area (Å²) in [6, 6.07) is 8.43. The number of nitro benzene ring substituents is 1. The normalized spacial score (nSPS) is 9.95. The zero-order chi connectivity index (χ0) is 15.4. The zero-order valence-electron chi connectivity index (χ0n) is 11.7. The molecule has 1 aromatic heterocycles. The average molecular weight is 286 g/mol. The van der Waals surface area contributed by atoms with Crippen molar-refractivity contribution in [3.63, 3.8) is 0 Å². The second kappa shape index (κ2) is 5.96. The highest BCUT2D eigenvalue weighted by atomic mass is 16.6. The standard InChI is InChI=1S/C14H14N4O3/c1-17-9-10(5-11(17)7-15)8-16-13-4-3-12(21-2)6-14(13)18(19)20/h3-6,9,16H,8H2,1-2H3. The van der Waals surface area contributed by atoms with E-state index in [1.807, 2.05) is 0 Å². The number of nitriles is 1. The van der Waals surface area contributed by atoms with E-state index in [-0.39, 0.29) is 5.69 Å². The maximum absolute atomic E-state index is 11.1. The Balaban J connectivity index is 2.19. The largest absolute Gasteiger partial charge is 0.496 e. The smallest absolute Gasteiger partial charge is 0.296 e. The molecule has 1 aromatic carbocycles. The van der Waals surface area contributed by atoms with E-state index in [4.69, 9.17) is 10.00 Å². The third-order valence-electron chi connectivity index (χ3n) is 3.06. The minimum atomic E-state index is -0.462. The lowest BCUT2D eigenvalue weighted by Gasteiger charge is -2.07. The summed E-state index contributed by atoms with van der Waals surface area (Å²) < 4.78 is 6.69. The fourth-order valence-electron chi connectivity index (χ4n) is 1.98. The van der Waals surface area contributed by atoms with Gasteiger partial charge in [-0.15, -0.1) is 0 Å². The van der Waals surface area contributed by atoms with Crippen molar-refractivity contribution in [3.8, 4) is 11.8 Å². The molecule has 0 unspecified atom stereocenters. The molecule has 2 aromatic rings. The van der Waals surface area contributed by atoms with Gasteiger partial charge in [0, 0.05) is 19.8 Å². The van der Waals surface area contributed by atoms with Crippen LogP contribution in [0.2, 0.25) is 0 Å². The molecular weight excluding hydrogens is 272 g/mol. The van der Waals surface area contributed by atoms with E-state index in [0.29, 0.717) is 23.7 Å². The van der Waals surface area contributed by atoms with Crippen LogP contribution in [-0.4, -0.2) is 16.6 Å². The molecule has 0 aliphatic heterocycles. The monoisotopic (exact) mass is 286 g/mol. The summed E-state index contributed by atoms with van der Waals surface area (Å²) in [7, 11) is 3.23. The molecule has 1 heterocycles. The molecule has 7 heteroatoms. The molecule has 0 bridgehead atoms. The van der Waals surface area contributed by atoms with E-state index in [1.165, 1.54) is 13.2 Å². The number of anilines is 1. The van der Waals surface area contributed by atoms with Crippen LogP contribution in [0.15, 0.2) is 30.5 Å². The Bertz CT molecular complexity index is 715. The summed E-state index contributed by atoms with van der Waals surface area (Å²) in [4.78, 5) is 10.6. The Morgan fingerprint density at radius 3 is 2.81 bits per heavy atom. The topological polar surface area (TPSA) is 93.1 Å². The number of nitro groups is 1. The van der Waals surface area contributed by atoms with Crippen LogP contribution in [0.25, 0.3) is 0 Å². The number of hydrogen-bond donors (Lipinski definition) is 1. The number of aryl methyl sites for hydroxylation is 1. The summed E-state index contributed by atoms with van der Waals surface area (Å²) in [6.45, 7) is 0.392. The SMILES string of the molecule is COc1ccc(NCc2cc(C#N)n(C)c2)c([N+](=O)[O-])c1. The number of methoxy groups -OCH3 is 1. The van der Waals surface area contributed by atoms with Gasteiger partial charge in [-0.05, 0) is 23.8 Å². The highest BCUT2D eigenvalue weighted by Crippen LogP contribution is 2.29. The summed E-state index contributed by atoms with van der Waals surface area (Å²) in [5.74, 6) is 0.429. The summed E-state index contributed by atoms with van der Waals surface area (Å²) in [5, 5.41) is 23.0. The van der Waals surface area contributed by atoms with Crippen molar-refractivity contribution in [1.29, 1.82) is 5.26 Å². The van der Waals surface area contributed by atoms with Crippen molar-refractivity contribution in [2.75, 3.05) is 12.4 Å². The quantitative estimate of drug-likeness (QED) is 0.673. The minimum absolute atomic E-state index is 0.0502. The number of aromatic nitrogens is 1. The molecule has 21 heavy (non-hydrogen) atoms. The summed E-state index contributed by atoms with van der Waals surface area (Å²) >= 11 is 0. The van der Waals surface area contributed by atoms with Crippen molar-refractivity contribution in [2.24, 2.45) is 7.05 Å². The molecule has 0 atom stereocenters. The van der Waals surface area contributed by atoms with Crippen LogP contribution in [-0.2, 0) is 13.6 Å². The second-order valence-electron chi connectivity index (χ2n) is 4.45. The Kier molecular flexibility index (Phi) is 4.09. The Morgan fingerprint density at radius 1 is 1.48 bits per heavy atom. The fraction of sp³-hybridized carbons (Fsp3) is 0.214. The molecule has 0 saturated heterocycles. The third-order valence-corrected chi connectivity index (χ3v) is 3.06. The predicted octanol–water partition coefficient (Wildman–Crippen LogP) is 2.43. The van der Waals surface area contributed by atoms with Crippen LogP contribution in [0.4, 0.5) is 11.4 Å². The minimum Gasteiger partial charge on any atom is -0.496 e. The molecule has 1 N–H and O–H groups in total. The van der Waals surface area contributed by atoms with Crippen molar-refractivity contribution in [2.45, 2.75) is 6.54 Å². The lowest BCUT2D eigenvalue weighted by molar-refractivity contribution is -0.384. The lowest BCUT2D eigenvalue weighted by atomic mass is 10.2. The molecule has 108 valence electrons. The molecule has 2 rings (SSSR count). The highest BCUT2D eigenvalue weighted by molar-refractivity contribution is 5.64. The van der Waals surface area contributed by atoms with Gasteiger partial charge in [0.2, 0.25) is 0 Å². The fourth-order valence-corrected chi connectivity index (χ4v) is 1.98. The molecule has 7 nitrogen and oxygen atoms in total. The third kappa shape index (κ3) is 3.12. The van der Waals surface area contributed by atoms with Gasteiger partial charge in [-0.2, -0.15) is 5.26 Å². The summed E-state index contributed by atoms with van der Waals surface area (Å²) in [6.07, 6.45) is 1.81. The highest BCUT2D eigenvalue weighted by Gasteiger charge is 2.15. The Hall–Kier alpha value is -3.01. The summed E-state index contributed by atoms with van der Waals surface area (Å²) in [5.41, 5.74) is 1.77. The van der Waals surface area contributed by atoms with E-state index in [2.05, 4.69) is 11.4 Å². The van der Waals surface area contributed by atoms with Crippen molar-refractivity contribution < 1.29 is 9.66 Å². The Labute approximate surface area is 121 Å². The Morgan fingerprint density at radius 2 is 2.24 bits per heavy atom. The molecule has 0 fully saturated rings. The zero-order valence-corrected chi connectivity index (χ0v) is 11.7. The van der Waals surface area contributed by atoms with Gasteiger partial charge in [0.05, 0.1) is 18.1 Å². The van der Waals surface area contributed by atoms with Gasteiger partial charge in [-0.3, -0.25) is 10.1 Å². The van der Waals surface area contributed by atoms with Crippen molar-refractivity contribution in [1.82, 2.24) is 4.57 Å². The van der Waals surface area contributed by atoms with Crippen LogP contribution in [0.5, 0.6) is 5.75 Å². The number of nitrogens with zero attached hydrogens (tertiary/aromatic N) is 3. The van der Waals surface area contributed by atoms with Gasteiger partial charge in [0.1, 0.15) is 23.2 Å². The van der Waals surface area contributed by atoms with E-state index >= 15 is 0 Å². The van der Waals surface area contributed by atoms with E-state index in [9.17, 15) is 10.1 Å². The van der Waals surface area contributed by atoms with Gasteiger partial charge in [0.15, 0.2) is 0 Å². The van der Waals surface area contributed by atoms with Gasteiger partial charge in [-0.25, -0.2) is 0 Å². The lowest BCUT2D eigenvalue weighted by Crippen LogP contribution is -2.02. The maximum atomic E-state index is 11.1. The first-order valence-corrected chi connectivity index (χ1v) is 6.16. The molecule has 0 amide bonds. The van der Waals surface area contributed by atoms with Crippen LogP contribution in [0, 0.1) is 21.4 Å². The average Bonchev–Trinajstić information content (AvgIpc) is 2.85. The van der Waals surface area contributed by atoms with Crippen LogP contribution >= 0.6 is 0 Å². The van der Waals surface area contributed by atoms with E-state index in [1.54, 1.807) is 36.0 Å². The molecule has 0 spiro atoms. The first-order valence-electron chi connectivity index (χ1n) is 6.16. The predicted molar refractivity (Wildman–Crippen MR) is 77.1 cm³/mol. The number of hydrogen-bond acceptors (Lipinski definition) is 5. The van der Waals surface area contributed by atoms with Crippen molar-refractivity contribution >= 4 is 11.4 Å². The number of ether oxygens (including phenoxy) is 1. The van der Waals surface area contributed by atoms with Gasteiger partial charge in [0.25, 0.3) is 5.69 Å². The van der Waals surface area contributed by atoms with Crippen LogP contribution < -0.4 is 10.1 Å². The van der Waals surface area contributed by atoms with Gasteiger partial charge in [-0.1, -0.05) is 0 Å². The number of benzene rings is 1. The second-order valence-corrected chi connectivity index (χ2v) is 4.45. The van der Waals surface area contributed by atoms with Gasteiger partial charge < -0.3 is 14.6 Å². The van der Waals surface area contributed by atoms with Crippen LogP contribution in [0.1, 0.15) is 11.3 Å². The first-order chi connectivity index (χ1) is 10.0. The molecule has 0 radical (unpaired) electrons. The van der Waals surface area contributed by atoms with E-state index in [0.717, 1.165) is 5.56 Å².